The van der Waals surface area contributed by atoms with Crippen molar-refractivity contribution in [3.63, 3.8) is 0 Å². The van der Waals surface area contributed by atoms with Crippen LogP contribution in [-0.2, 0) is 9.59 Å². The second kappa shape index (κ2) is 8.91. The first-order chi connectivity index (χ1) is 15.2. The van der Waals surface area contributed by atoms with Crippen LogP contribution in [0.3, 0.4) is 0 Å². The van der Waals surface area contributed by atoms with Crippen molar-refractivity contribution < 1.29 is 14.6 Å². The van der Waals surface area contributed by atoms with Gasteiger partial charge in [-0.1, -0.05) is 0 Å². The van der Waals surface area contributed by atoms with E-state index >= 15 is 0 Å². The molecule has 2 aliphatic rings. The minimum atomic E-state index is -0.145. The van der Waals surface area contributed by atoms with Crippen LogP contribution in [0.25, 0.3) is 22.4 Å². The third kappa shape index (κ3) is 4.57. The van der Waals surface area contributed by atoms with Gasteiger partial charge in [0.2, 0.25) is 11.8 Å². The molecule has 1 aromatic heterocycles. The van der Waals surface area contributed by atoms with Gasteiger partial charge in [-0.3, -0.25) is 20.2 Å². The van der Waals surface area contributed by atoms with Crippen molar-refractivity contribution in [2.75, 3.05) is 33.9 Å². The highest BCUT2D eigenvalue weighted by molar-refractivity contribution is 7.99. The Bertz CT molecular complexity index is 1100. The summed E-state index contributed by atoms with van der Waals surface area (Å²) in [5.41, 5.74) is 4.36. The zero-order valence-electron chi connectivity index (χ0n) is 16.7. The number of carbonyl (C=O) groups excluding carboxylic acids is 2. The van der Waals surface area contributed by atoms with Crippen molar-refractivity contribution in [3.8, 4) is 11.4 Å². The Labute approximate surface area is 187 Å². The summed E-state index contributed by atoms with van der Waals surface area (Å²) in [4.78, 5) is 31.3. The minimum absolute atomic E-state index is 0.00380. The molecular weight excluding hydrogens is 432 g/mol. The Kier molecular flexibility index (Phi) is 5.86. The zero-order valence-corrected chi connectivity index (χ0v) is 18.3. The number of H-pyrrole nitrogens is 2. The van der Waals surface area contributed by atoms with E-state index in [1.54, 1.807) is 23.5 Å². The number of aromatic amines is 2. The van der Waals surface area contributed by atoms with Gasteiger partial charge in [-0.15, -0.1) is 23.5 Å². The van der Waals surface area contributed by atoms with Crippen molar-refractivity contribution in [3.05, 3.63) is 42.5 Å². The Morgan fingerprint density at radius 2 is 1.48 bits per heavy atom. The highest BCUT2D eigenvalue weighted by atomic mass is 32.2. The maximum Gasteiger partial charge on any atom is 0.285 e. The van der Waals surface area contributed by atoms with Gasteiger partial charge in [0.05, 0.1) is 17.6 Å². The van der Waals surface area contributed by atoms with Gasteiger partial charge in [0.25, 0.3) is 5.82 Å². The lowest BCUT2D eigenvalue weighted by atomic mass is 10.2. The lowest BCUT2D eigenvalue weighted by molar-refractivity contribution is -0.330. The fourth-order valence-corrected chi connectivity index (χ4v) is 5.47. The summed E-state index contributed by atoms with van der Waals surface area (Å²) in [6, 6.07) is 13.2. The monoisotopic (exact) mass is 455 g/mol. The number of benzene rings is 2. The molecule has 8 nitrogen and oxygen atoms in total. The number of aromatic nitrogens is 2. The van der Waals surface area contributed by atoms with Gasteiger partial charge in [0, 0.05) is 40.7 Å². The first-order valence-electron chi connectivity index (χ1n) is 10.1. The van der Waals surface area contributed by atoms with E-state index in [1.807, 2.05) is 42.5 Å². The van der Waals surface area contributed by atoms with Crippen molar-refractivity contribution in [2.24, 2.45) is 0 Å². The second-order valence-electron chi connectivity index (χ2n) is 7.48. The van der Waals surface area contributed by atoms with E-state index in [4.69, 9.17) is 0 Å². The maximum atomic E-state index is 12.3. The number of anilines is 2. The Hall–Kier alpha value is -2.53. The molecule has 2 fully saturated rings. The molecule has 3 aromatic rings. The van der Waals surface area contributed by atoms with Crippen LogP contribution >= 0.6 is 23.5 Å². The molecule has 0 radical (unpaired) electrons. The van der Waals surface area contributed by atoms with Crippen LogP contribution in [0, 0.1) is 0 Å². The lowest BCUT2D eigenvalue weighted by Crippen LogP contribution is -2.37. The van der Waals surface area contributed by atoms with Crippen molar-refractivity contribution >= 4 is 57.7 Å². The van der Waals surface area contributed by atoms with E-state index in [1.165, 1.54) is 0 Å². The minimum Gasteiger partial charge on any atom is -0.325 e. The normalized spacial score (nSPS) is 20.8. The predicted molar refractivity (Wildman–Crippen MR) is 126 cm³/mol. The predicted octanol–water partition coefficient (Wildman–Crippen LogP) is 1.85. The molecule has 6 N–H and O–H groups in total. The van der Waals surface area contributed by atoms with E-state index in [-0.39, 0.29) is 23.9 Å². The largest absolute Gasteiger partial charge is 0.325 e. The topological polar surface area (TPSA) is 112 Å². The van der Waals surface area contributed by atoms with Crippen molar-refractivity contribution in [1.82, 2.24) is 15.6 Å². The molecule has 5 rings (SSSR count). The molecule has 160 valence electrons. The summed E-state index contributed by atoms with van der Waals surface area (Å²) in [5.74, 6) is 4.06. The Morgan fingerprint density at radius 1 is 0.871 bits per heavy atom. The van der Waals surface area contributed by atoms with Crippen LogP contribution < -0.4 is 26.3 Å². The highest BCUT2D eigenvalue weighted by Crippen LogP contribution is 2.22. The molecule has 10 heteroatoms. The van der Waals surface area contributed by atoms with E-state index < -0.39 is 0 Å². The number of hydrogen-bond acceptors (Lipinski definition) is 6. The van der Waals surface area contributed by atoms with Gasteiger partial charge < -0.3 is 10.6 Å². The summed E-state index contributed by atoms with van der Waals surface area (Å²) >= 11 is 3.45. The number of rotatable bonds is 5. The number of carbonyl (C=O) groups is 2. The second-order valence-corrected chi connectivity index (χ2v) is 9.55. The standard InChI is InChI=1S/C21H22N6O2S2/c28-20(17-8-30-10-22-17)24-13-3-1-12(2-4-13)19-26-15-6-5-14(7-16(15)27-19)25-21(29)18-9-31-11-23-18/h1-7,17-18,22-23H,8-11H2,(H,24,28)(H,25,29)(H,26,27)/p+1. The van der Waals surface area contributed by atoms with E-state index in [9.17, 15) is 9.59 Å². The summed E-state index contributed by atoms with van der Waals surface area (Å²) in [6.45, 7) is 0. The van der Waals surface area contributed by atoms with E-state index in [2.05, 4.69) is 31.2 Å². The molecule has 2 amide bonds. The van der Waals surface area contributed by atoms with Crippen molar-refractivity contribution in [1.29, 1.82) is 0 Å². The molecule has 31 heavy (non-hydrogen) atoms. The fraction of sp³-hybridized carbons (Fsp3) is 0.286. The van der Waals surface area contributed by atoms with Gasteiger partial charge in [0.15, 0.2) is 11.0 Å². The zero-order chi connectivity index (χ0) is 21.2. The Morgan fingerprint density at radius 3 is 2.10 bits per heavy atom. The molecule has 2 atom stereocenters. The van der Waals surface area contributed by atoms with Gasteiger partial charge in [-0.05, 0) is 36.4 Å². The smallest absolute Gasteiger partial charge is 0.285 e. The van der Waals surface area contributed by atoms with E-state index in [0.717, 1.165) is 57.1 Å². The maximum absolute atomic E-state index is 12.3. The lowest BCUT2D eigenvalue weighted by Gasteiger charge is -2.10. The number of hydrogen-bond donors (Lipinski definition) is 5. The van der Waals surface area contributed by atoms with Gasteiger partial charge in [-0.25, -0.2) is 9.97 Å². The number of amides is 2. The molecule has 3 heterocycles. The third-order valence-electron chi connectivity index (χ3n) is 5.31. The fourth-order valence-electron chi connectivity index (χ4n) is 3.59. The van der Waals surface area contributed by atoms with Crippen LogP contribution in [0.15, 0.2) is 42.5 Å². The molecular formula is C21H23N6O2S2+. The molecule has 0 bridgehead atoms. The quantitative estimate of drug-likeness (QED) is 0.401. The van der Waals surface area contributed by atoms with Gasteiger partial charge >= 0.3 is 0 Å². The number of thioether (sulfide) groups is 2. The first-order valence-corrected chi connectivity index (χ1v) is 12.4. The van der Waals surface area contributed by atoms with Crippen LogP contribution in [0.1, 0.15) is 0 Å². The highest BCUT2D eigenvalue weighted by Gasteiger charge is 2.24. The molecule has 2 saturated heterocycles. The third-order valence-corrected chi connectivity index (χ3v) is 7.19. The number of imidazole rings is 1. The van der Waals surface area contributed by atoms with Crippen LogP contribution in [0.4, 0.5) is 11.4 Å². The number of nitrogens with one attached hydrogen (secondary N) is 6. The van der Waals surface area contributed by atoms with Gasteiger partial charge in [0.1, 0.15) is 0 Å². The van der Waals surface area contributed by atoms with Gasteiger partial charge in [-0.2, -0.15) is 0 Å². The molecule has 2 aromatic carbocycles. The molecule has 2 unspecified atom stereocenters. The molecule has 0 aliphatic carbocycles. The first kappa shape index (κ1) is 20.4. The van der Waals surface area contributed by atoms with Crippen LogP contribution in [0.5, 0.6) is 0 Å². The van der Waals surface area contributed by atoms with E-state index in [0.29, 0.717) is 0 Å². The molecule has 0 spiro atoms. The number of fused-ring (bicyclic) bond motifs is 1. The molecule has 2 aliphatic heterocycles. The summed E-state index contributed by atoms with van der Waals surface area (Å²) in [7, 11) is 0. The molecule has 0 saturated carbocycles. The Balaban J connectivity index is 1.28. The van der Waals surface area contributed by atoms with Crippen molar-refractivity contribution in [2.45, 2.75) is 12.1 Å². The summed E-state index contributed by atoms with van der Waals surface area (Å²) in [5, 5.41) is 12.3. The average Bonchev–Trinajstić information content (AvgIpc) is 3.55. The van der Waals surface area contributed by atoms with Crippen LogP contribution in [0.2, 0.25) is 0 Å². The average molecular weight is 456 g/mol. The van der Waals surface area contributed by atoms with Crippen LogP contribution in [-0.4, -0.2) is 52.1 Å². The summed E-state index contributed by atoms with van der Waals surface area (Å²) < 4.78 is 0. The summed E-state index contributed by atoms with van der Waals surface area (Å²) in [6.07, 6.45) is 0. The SMILES string of the molecule is O=C(Nc1ccc(-c2[nH]c3cc(NC(=O)C4CSCN4)ccc3[nH+]2)cc1)C1CSCN1.